The number of imidazole rings is 1. The van der Waals surface area contributed by atoms with Crippen LogP contribution in [0.1, 0.15) is 42.6 Å². The summed E-state index contributed by atoms with van der Waals surface area (Å²) < 4.78 is 0. The van der Waals surface area contributed by atoms with Crippen molar-refractivity contribution in [3.05, 3.63) is 47.5 Å². The number of likely N-dealkylation sites (tertiary alicyclic amines) is 1. The molecule has 1 aliphatic carbocycles. The van der Waals surface area contributed by atoms with E-state index in [0.29, 0.717) is 5.91 Å². The third-order valence-corrected chi connectivity index (χ3v) is 7.45. The highest BCUT2D eigenvalue weighted by Crippen LogP contribution is 2.45. The molecule has 1 aromatic carbocycles. The molecule has 6 heteroatoms. The second-order valence-corrected chi connectivity index (χ2v) is 9.28. The molecule has 0 unspecified atom stereocenters. The van der Waals surface area contributed by atoms with Crippen molar-refractivity contribution in [3.8, 4) is 0 Å². The minimum Gasteiger partial charge on any atom is -0.348 e. The minimum atomic E-state index is -0.202. The van der Waals surface area contributed by atoms with Crippen molar-refractivity contribution in [2.45, 2.75) is 49.1 Å². The first-order valence-corrected chi connectivity index (χ1v) is 11.6. The van der Waals surface area contributed by atoms with Gasteiger partial charge in [0.15, 0.2) is 0 Å². The summed E-state index contributed by atoms with van der Waals surface area (Å²) in [6.07, 6.45) is 8.92. The Morgan fingerprint density at radius 3 is 2.64 bits per heavy atom. The van der Waals surface area contributed by atoms with Crippen LogP contribution in [0.15, 0.2) is 35.5 Å². The molecule has 3 heterocycles. The van der Waals surface area contributed by atoms with Gasteiger partial charge in [-0.3, -0.25) is 9.69 Å². The summed E-state index contributed by atoms with van der Waals surface area (Å²) in [4.78, 5) is 27.1. The molecule has 1 aromatic heterocycles. The van der Waals surface area contributed by atoms with Crippen molar-refractivity contribution in [2.75, 3.05) is 25.9 Å². The average Bonchev–Trinajstić information content (AvgIpc) is 3.47. The van der Waals surface area contributed by atoms with Crippen LogP contribution in [0.4, 0.5) is 0 Å². The maximum Gasteiger partial charge on any atom is 0.226 e. The molecular formula is C22H28N4OS. The van der Waals surface area contributed by atoms with Crippen LogP contribution < -0.4 is 0 Å². The predicted octanol–water partition coefficient (Wildman–Crippen LogP) is 3.42. The van der Waals surface area contributed by atoms with Crippen LogP contribution >= 0.6 is 11.8 Å². The molecule has 0 atom stereocenters. The highest BCUT2D eigenvalue weighted by Gasteiger charge is 2.50. The Labute approximate surface area is 170 Å². The minimum absolute atomic E-state index is 0.202. The van der Waals surface area contributed by atoms with Gasteiger partial charge >= 0.3 is 0 Å². The smallest absolute Gasteiger partial charge is 0.226 e. The molecule has 1 spiro atoms. The molecule has 1 N–H and O–H groups in total. The summed E-state index contributed by atoms with van der Waals surface area (Å²) in [6, 6.07) is 8.90. The van der Waals surface area contributed by atoms with Gasteiger partial charge in [-0.15, -0.1) is 11.8 Å². The van der Waals surface area contributed by atoms with Crippen molar-refractivity contribution in [3.63, 3.8) is 0 Å². The fourth-order valence-electron chi connectivity index (χ4n) is 4.93. The molecule has 1 saturated heterocycles. The number of carbonyl (C=O) groups excluding carboxylic acids is 1. The van der Waals surface area contributed by atoms with Crippen LogP contribution in [0.2, 0.25) is 0 Å². The van der Waals surface area contributed by atoms with Crippen LogP contribution in [0, 0.1) is 5.92 Å². The number of nitrogens with one attached hydrogen (secondary N) is 1. The number of fused-ring (bicyclic) bond motifs is 2. The van der Waals surface area contributed by atoms with Gasteiger partial charge in [-0.05, 0) is 49.6 Å². The molecule has 148 valence electrons. The fraction of sp³-hybridized carbons (Fsp3) is 0.545. The van der Waals surface area contributed by atoms with Crippen molar-refractivity contribution >= 4 is 17.7 Å². The molecule has 1 saturated carbocycles. The maximum absolute atomic E-state index is 13.1. The topological polar surface area (TPSA) is 52.2 Å². The fourth-order valence-corrected chi connectivity index (χ4v) is 5.34. The summed E-state index contributed by atoms with van der Waals surface area (Å²) in [5, 5.41) is 0. The summed E-state index contributed by atoms with van der Waals surface area (Å²) in [6.45, 7) is 3.82. The van der Waals surface area contributed by atoms with E-state index in [1.807, 2.05) is 6.33 Å². The molecule has 0 bridgehead atoms. The Morgan fingerprint density at radius 2 is 1.96 bits per heavy atom. The van der Waals surface area contributed by atoms with E-state index in [2.05, 4.69) is 45.3 Å². The molecule has 2 aliphatic heterocycles. The number of rotatable bonds is 4. The lowest BCUT2D eigenvalue weighted by Crippen LogP contribution is -2.58. The van der Waals surface area contributed by atoms with E-state index in [9.17, 15) is 4.79 Å². The highest BCUT2D eigenvalue weighted by atomic mass is 32.2. The summed E-state index contributed by atoms with van der Waals surface area (Å²) in [5.74, 6) is 0.639. The Morgan fingerprint density at radius 1 is 1.21 bits per heavy atom. The second kappa shape index (κ2) is 7.23. The van der Waals surface area contributed by atoms with Crippen LogP contribution in [0.3, 0.4) is 0 Å². The van der Waals surface area contributed by atoms with E-state index in [-0.39, 0.29) is 11.5 Å². The summed E-state index contributed by atoms with van der Waals surface area (Å²) in [5.41, 5.74) is 3.54. The molecule has 1 amide bonds. The quantitative estimate of drug-likeness (QED) is 0.805. The van der Waals surface area contributed by atoms with Crippen molar-refractivity contribution in [1.29, 1.82) is 0 Å². The van der Waals surface area contributed by atoms with E-state index < -0.39 is 0 Å². The maximum atomic E-state index is 13.1. The van der Waals surface area contributed by atoms with Crippen LogP contribution in [0.5, 0.6) is 0 Å². The second-order valence-electron chi connectivity index (χ2n) is 8.40. The number of thioether (sulfide) groups is 1. The Hall–Kier alpha value is -1.79. The Kier molecular flexibility index (Phi) is 4.71. The number of aromatic amines is 1. The van der Waals surface area contributed by atoms with E-state index >= 15 is 0 Å². The lowest BCUT2D eigenvalue weighted by atomic mass is 9.78. The SMILES string of the molecule is CSc1ccc(CN2CCC3(CC2)c2nc[nH]c2CCN3C(=O)C2CC2)cc1. The predicted molar refractivity (Wildman–Crippen MR) is 111 cm³/mol. The van der Waals surface area contributed by atoms with Gasteiger partial charge < -0.3 is 9.88 Å². The average molecular weight is 397 g/mol. The Bertz CT molecular complexity index is 850. The van der Waals surface area contributed by atoms with E-state index in [4.69, 9.17) is 4.98 Å². The van der Waals surface area contributed by atoms with Crippen LogP contribution in [0.25, 0.3) is 0 Å². The van der Waals surface area contributed by atoms with E-state index in [1.54, 1.807) is 11.8 Å². The number of H-pyrrole nitrogens is 1. The van der Waals surface area contributed by atoms with Crippen molar-refractivity contribution in [1.82, 2.24) is 19.8 Å². The zero-order valence-corrected chi connectivity index (χ0v) is 17.3. The summed E-state index contributed by atoms with van der Waals surface area (Å²) >= 11 is 1.78. The van der Waals surface area contributed by atoms with Gasteiger partial charge in [-0.25, -0.2) is 4.98 Å². The van der Waals surface area contributed by atoms with Gasteiger partial charge in [0.2, 0.25) is 5.91 Å². The van der Waals surface area contributed by atoms with Crippen molar-refractivity contribution < 1.29 is 4.79 Å². The number of amides is 1. The first kappa shape index (κ1) is 18.3. The van der Waals surface area contributed by atoms with Gasteiger partial charge in [-0.1, -0.05) is 12.1 Å². The first-order chi connectivity index (χ1) is 13.7. The number of hydrogen-bond acceptors (Lipinski definition) is 4. The Balaban J connectivity index is 1.34. The first-order valence-electron chi connectivity index (χ1n) is 10.4. The molecular weight excluding hydrogens is 368 g/mol. The third-order valence-electron chi connectivity index (χ3n) is 6.70. The van der Waals surface area contributed by atoms with Gasteiger partial charge in [0.1, 0.15) is 0 Å². The lowest BCUT2D eigenvalue weighted by Gasteiger charge is -2.50. The van der Waals surface area contributed by atoms with Crippen LogP contribution in [-0.4, -0.2) is 51.6 Å². The third kappa shape index (κ3) is 3.16. The number of hydrogen-bond donors (Lipinski definition) is 1. The van der Waals surface area contributed by atoms with E-state index in [1.165, 1.54) is 16.2 Å². The number of benzene rings is 1. The normalized spacial score (nSPS) is 21.7. The van der Waals surface area contributed by atoms with Crippen LogP contribution in [-0.2, 0) is 23.3 Å². The van der Waals surface area contributed by atoms with Gasteiger partial charge in [0.05, 0.1) is 17.6 Å². The number of aromatic nitrogens is 2. The number of carbonyl (C=O) groups is 1. The molecule has 5 nitrogen and oxygen atoms in total. The molecule has 3 aliphatic rings. The lowest BCUT2D eigenvalue weighted by molar-refractivity contribution is -0.143. The monoisotopic (exact) mass is 396 g/mol. The number of nitrogens with zero attached hydrogens (tertiary/aromatic N) is 3. The van der Waals surface area contributed by atoms with E-state index in [0.717, 1.165) is 64.0 Å². The largest absolute Gasteiger partial charge is 0.348 e. The molecule has 2 fully saturated rings. The highest BCUT2D eigenvalue weighted by molar-refractivity contribution is 7.98. The summed E-state index contributed by atoms with van der Waals surface area (Å²) in [7, 11) is 0. The molecule has 28 heavy (non-hydrogen) atoms. The number of piperidine rings is 1. The van der Waals surface area contributed by atoms with Crippen molar-refractivity contribution in [2.24, 2.45) is 5.92 Å². The van der Waals surface area contributed by atoms with Gasteiger partial charge in [0, 0.05) is 49.1 Å². The van der Waals surface area contributed by atoms with Gasteiger partial charge in [0.25, 0.3) is 0 Å². The standard InChI is InChI=1S/C22H28N4OS/c1-28-18-6-2-16(3-7-18)14-25-12-9-22(10-13-25)20-19(23-15-24-20)8-11-26(22)21(27)17-4-5-17/h2-3,6-7,15,17H,4-5,8-14H2,1H3,(H,23,24). The molecule has 5 rings (SSSR count). The zero-order valence-electron chi connectivity index (χ0n) is 16.5. The molecule has 2 aromatic rings. The van der Waals surface area contributed by atoms with Gasteiger partial charge in [-0.2, -0.15) is 0 Å². The zero-order chi connectivity index (χ0) is 19.1. The molecule has 0 radical (unpaired) electrons.